The maximum atomic E-state index is 2.96. The first kappa shape index (κ1) is 7.86. The van der Waals surface area contributed by atoms with Crippen LogP contribution in [0.15, 0.2) is 24.3 Å². The van der Waals surface area contributed by atoms with E-state index in [0.29, 0.717) is 0 Å². The smallest absolute Gasteiger partial charge is 0.184 e. The normalized spacial score (nSPS) is 7.62. The maximum absolute atomic E-state index is 2.96. The third kappa shape index (κ3) is 2.24. The van der Waals surface area contributed by atoms with Crippen molar-refractivity contribution >= 4 is 0 Å². The first-order valence-corrected chi connectivity index (χ1v) is 2.32. The SMILES string of the molecule is Cc1c[c-]ccc1.[Os+4]. The van der Waals surface area contributed by atoms with E-state index in [1.54, 1.807) is 0 Å². The fraction of sp³-hybridized carbons (Fsp3) is 0.143. The van der Waals surface area contributed by atoms with E-state index in [4.69, 9.17) is 0 Å². The average molecular weight is 281 g/mol. The Hall–Kier alpha value is -0.144. The molecule has 0 unspecified atom stereocenters. The largest absolute Gasteiger partial charge is 4.00 e. The van der Waals surface area contributed by atoms with Gasteiger partial charge in [0.2, 0.25) is 0 Å². The van der Waals surface area contributed by atoms with E-state index in [1.807, 2.05) is 18.2 Å². The van der Waals surface area contributed by atoms with Crippen molar-refractivity contribution < 1.29 is 19.8 Å². The van der Waals surface area contributed by atoms with Gasteiger partial charge < -0.3 is 0 Å². The zero-order valence-corrected chi connectivity index (χ0v) is 7.20. The molecule has 40 valence electrons. The van der Waals surface area contributed by atoms with Crippen LogP contribution in [0.3, 0.4) is 0 Å². The van der Waals surface area contributed by atoms with E-state index in [1.165, 1.54) is 5.56 Å². The molecule has 1 heteroatoms. The van der Waals surface area contributed by atoms with Gasteiger partial charge in [0.1, 0.15) is 0 Å². The molecular formula is C7H7Os+3. The van der Waals surface area contributed by atoms with Crippen molar-refractivity contribution in [2.75, 3.05) is 0 Å². The zero-order valence-electron chi connectivity index (χ0n) is 4.66. The second kappa shape index (κ2) is 3.81. The van der Waals surface area contributed by atoms with E-state index in [9.17, 15) is 0 Å². The molecule has 0 radical (unpaired) electrons. The van der Waals surface area contributed by atoms with Crippen molar-refractivity contribution in [2.45, 2.75) is 6.92 Å². The Labute approximate surface area is 63.0 Å². The Balaban J connectivity index is 0.000000490. The van der Waals surface area contributed by atoms with Crippen LogP contribution in [0, 0.1) is 13.0 Å². The van der Waals surface area contributed by atoms with Crippen LogP contribution in [0.2, 0.25) is 0 Å². The van der Waals surface area contributed by atoms with Gasteiger partial charge in [-0.05, 0) is 0 Å². The minimum atomic E-state index is 0. The van der Waals surface area contributed by atoms with Gasteiger partial charge >= 0.3 is 19.8 Å². The molecular weight excluding hydrogens is 274 g/mol. The average Bonchev–Trinajstić information content (AvgIpc) is 1.69. The molecule has 0 aliphatic rings. The minimum Gasteiger partial charge on any atom is -0.184 e. The van der Waals surface area contributed by atoms with Gasteiger partial charge in [-0.1, -0.05) is 6.92 Å². The third-order valence-electron chi connectivity index (χ3n) is 0.863. The first-order valence-electron chi connectivity index (χ1n) is 2.32. The summed E-state index contributed by atoms with van der Waals surface area (Å²) in [6.45, 7) is 2.05. The van der Waals surface area contributed by atoms with Crippen molar-refractivity contribution in [1.82, 2.24) is 0 Å². The maximum Gasteiger partial charge on any atom is 4.00 e. The molecule has 0 nitrogen and oxygen atoms in total. The monoisotopic (exact) mass is 283 g/mol. The molecule has 0 N–H and O–H groups in total. The molecule has 0 amide bonds. The van der Waals surface area contributed by atoms with Gasteiger partial charge in [0.25, 0.3) is 0 Å². The van der Waals surface area contributed by atoms with Crippen LogP contribution in [0.25, 0.3) is 0 Å². The summed E-state index contributed by atoms with van der Waals surface area (Å²) in [5.74, 6) is 0. The van der Waals surface area contributed by atoms with Gasteiger partial charge in [0.05, 0.1) is 0 Å². The zero-order chi connectivity index (χ0) is 5.11. The second-order valence-corrected chi connectivity index (χ2v) is 1.58. The summed E-state index contributed by atoms with van der Waals surface area (Å²) in [5, 5.41) is 0. The van der Waals surface area contributed by atoms with E-state index in [2.05, 4.69) is 19.1 Å². The van der Waals surface area contributed by atoms with Crippen molar-refractivity contribution in [1.29, 1.82) is 0 Å². The molecule has 1 aromatic rings. The molecule has 0 aliphatic carbocycles. The van der Waals surface area contributed by atoms with Gasteiger partial charge in [-0.3, -0.25) is 0 Å². The molecule has 0 fully saturated rings. The van der Waals surface area contributed by atoms with Gasteiger partial charge in [-0.25, -0.2) is 0 Å². The van der Waals surface area contributed by atoms with Gasteiger partial charge in [0, 0.05) is 0 Å². The summed E-state index contributed by atoms with van der Waals surface area (Å²) in [6.07, 6.45) is 0. The van der Waals surface area contributed by atoms with E-state index in [-0.39, 0.29) is 19.8 Å². The standard InChI is InChI=1S/C7H7.Os/c1-7-5-3-2-4-6-7;/h2-3,5-6H,1H3;/q-1;+4. The van der Waals surface area contributed by atoms with E-state index >= 15 is 0 Å². The molecule has 8 heavy (non-hydrogen) atoms. The third-order valence-corrected chi connectivity index (χ3v) is 0.863. The Morgan fingerprint density at radius 2 is 2.25 bits per heavy atom. The number of rotatable bonds is 0. The summed E-state index contributed by atoms with van der Waals surface area (Å²) in [6, 6.07) is 10.8. The van der Waals surface area contributed by atoms with Crippen LogP contribution in [-0.4, -0.2) is 0 Å². The molecule has 0 bridgehead atoms. The van der Waals surface area contributed by atoms with Gasteiger partial charge in [0.15, 0.2) is 0 Å². The molecule has 0 aliphatic heterocycles. The molecule has 0 saturated carbocycles. The molecule has 0 saturated heterocycles. The Bertz CT molecular complexity index is 134. The minimum absolute atomic E-state index is 0. The first-order chi connectivity index (χ1) is 3.39. The molecule has 1 aromatic carbocycles. The number of benzene rings is 1. The summed E-state index contributed by atoms with van der Waals surface area (Å²) in [5.41, 5.74) is 1.27. The predicted molar refractivity (Wildman–Crippen MR) is 30.0 cm³/mol. The second-order valence-electron chi connectivity index (χ2n) is 1.58. The van der Waals surface area contributed by atoms with Crippen molar-refractivity contribution in [3.05, 3.63) is 35.9 Å². The summed E-state index contributed by atoms with van der Waals surface area (Å²) >= 11 is 0. The van der Waals surface area contributed by atoms with Crippen molar-refractivity contribution in [3.63, 3.8) is 0 Å². The quantitative estimate of drug-likeness (QED) is 0.636. The Morgan fingerprint density at radius 3 is 2.50 bits per heavy atom. The molecule has 0 heterocycles. The summed E-state index contributed by atoms with van der Waals surface area (Å²) in [4.78, 5) is 0. The Kier molecular flexibility index (Phi) is 3.74. The molecule has 0 spiro atoms. The van der Waals surface area contributed by atoms with Crippen LogP contribution in [0.5, 0.6) is 0 Å². The van der Waals surface area contributed by atoms with E-state index in [0.717, 1.165) is 0 Å². The fourth-order valence-electron chi connectivity index (χ4n) is 0.483. The summed E-state index contributed by atoms with van der Waals surface area (Å²) < 4.78 is 0. The Morgan fingerprint density at radius 1 is 1.50 bits per heavy atom. The van der Waals surface area contributed by atoms with Crippen LogP contribution in [-0.2, 0) is 19.8 Å². The van der Waals surface area contributed by atoms with Crippen molar-refractivity contribution in [2.24, 2.45) is 0 Å². The molecule has 1 rings (SSSR count). The van der Waals surface area contributed by atoms with Gasteiger partial charge in [-0.2, -0.15) is 35.9 Å². The number of hydrogen-bond acceptors (Lipinski definition) is 0. The fourth-order valence-corrected chi connectivity index (χ4v) is 0.483. The van der Waals surface area contributed by atoms with Gasteiger partial charge in [-0.15, -0.1) is 0 Å². The van der Waals surface area contributed by atoms with Crippen LogP contribution in [0.1, 0.15) is 5.56 Å². The van der Waals surface area contributed by atoms with Crippen LogP contribution >= 0.6 is 0 Å². The summed E-state index contributed by atoms with van der Waals surface area (Å²) in [7, 11) is 0. The topological polar surface area (TPSA) is 0 Å². The number of hydrogen-bond donors (Lipinski definition) is 0. The van der Waals surface area contributed by atoms with Crippen LogP contribution in [0.4, 0.5) is 0 Å². The van der Waals surface area contributed by atoms with E-state index < -0.39 is 0 Å². The van der Waals surface area contributed by atoms with Crippen molar-refractivity contribution in [3.8, 4) is 0 Å². The predicted octanol–water partition coefficient (Wildman–Crippen LogP) is 1.79. The number of aryl methyl sites for hydroxylation is 1. The van der Waals surface area contributed by atoms with Crippen LogP contribution < -0.4 is 0 Å². The molecule has 0 atom stereocenters. The molecule has 0 aromatic heterocycles.